The van der Waals surface area contributed by atoms with Crippen LogP contribution >= 0.6 is 0 Å². The molecule has 0 aliphatic carbocycles. The quantitative estimate of drug-likeness (QED) is 0.307. The molecule has 4 unspecified atom stereocenters. The maximum atomic E-state index is 12.4. The summed E-state index contributed by atoms with van der Waals surface area (Å²) in [5.41, 5.74) is -1.30. The van der Waals surface area contributed by atoms with Crippen LogP contribution in [-0.2, 0) is 33.3 Å². The molecule has 1 amide bonds. The van der Waals surface area contributed by atoms with Gasteiger partial charge in [0.1, 0.15) is 18.0 Å². The molecular formula is C20H29N3O9. The smallest absolute Gasteiger partial charge is 0.330 e. The number of esters is 1. The molecule has 1 aromatic rings. The average Bonchev–Trinajstić information content (AvgIpc) is 3.06. The summed E-state index contributed by atoms with van der Waals surface area (Å²) < 4.78 is 23.7. The van der Waals surface area contributed by atoms with E-state index in [0.29, 0.717) is 12.8 Å². The SMILES string of the molecule is CNC(=O)CCC(=O)OC1C(COC)OC(n2ccc(=O)[nH]c2=O)C1OCCCC(C)=O. The number of H-pyrrole nitrogens is 1. The van der Waals surface area contributed by atoms with Crippen LogP contribution in [0.3, 0.4) is 0 Å². The number of nitrogens with zero attached hydrogens (tertiary/aromatic N) is 1. The minimum absolute atomic E-state index is 0.000820. The maximum Gasteiger partial charge on any atom is 0.330 e. The van der Waals surface area contributed by atoms with Gasteiger partial charge in [-0.25, -0.2) is 4.79 Å². The number of methoxy groups -OCH3 is 1. The number of ketones is 1. The van der Waals surface area contributed by atoms with E-state index in [1.807, 2.05) is 0 Å². The Hall–Kier alpha value is -2.83. The summed E-state index contributed by atoms with van der Waals surface area (Å²) in [6.07, 6.45) is -1.89. The molecule has 32 heavy (non-hydrogen) atoms. The molecule has 4 atom stereocenters. The number of hydrogen-bond acceptors (Lipinski definition) is 9. The molecule has 12 nitrogen and oxygen atoms in total. The van der Waals surface area contributed by atoms with Crippen LogP contribution in [0.4, 0.5) is 0 Å². The zero-order valence-corrected chi connectivity index (χ0v) is 18.3. The molecular weight excluding hydrogens is 426 g/mol. The average molecular weight is 455 g/mol. The number of Topliss-reactive ketones (excluding diaryl/α,β-unsaturated/α-hetero) is 1. The van der Waals surface area contributed by atoms with Crippen LogP contribution < -0.4 is 16.6 Å². The highest BCUT2D eigenvalue weighted by molar-refractivity contribution is 5.81. The van der Waals surface area contributed by atoms with E-state index >= 15 is 0 Å². The third-order valence-electron chi connectivity index (χ3n) is 4.83. The van der Waals surface area contributed by atoms with Gasteiger partial charge in [-0.05, 0) is 13.3 Å². The van der Waals surface area contributed by atoms with Crippen LogP contribution in [0, 0.1) is 0 Å². The summed E-state index contributed by atoms with van der Waals surface area (Å²) in [4.78, 5) is 61.0. The van der Waals surface area contributed by atoms with Crippen molar-refractivity contribution in [2.75, 3.05) is 27.4 Å². The van der Waals surface area contributed by atoms with Gasteiger partial charge in [-0.3, -0.25) is 23.9 Å². The molecule has 1 aliphatic rings. The monoisotopic (exact) mass is 455 g/mol. The Labute approximate surface area is 184 Å². The zero-order chi connectivity index (χ0) is 23.7. The second kappa shape index (κ2) is 12.3. The highest BCUT2D eigenvalue weighted by atomic mass is 16.6. The van der Waals surface area contributed by atoms with Crippen molar-refractivity contribution in [3.8, 4) is 0 Å². The first-order valence-electron chi connectivity index (χ1n) is 10.2. The van der Waals surface area contributed by atoms with Gasteiger partial charge in [0.25, 0.3) is 5.56 Å². The van der Waals surface area contributed by atoms with E-state index in [1.54, 1.807) is 0 Å². The fourth-order valence-corrected chi connectivity index (χ4v) is 3.27. The zero-order valence-electron chi connectivity index (χ0n) is 18.3. The van der Waals surface area contributed by atoms with Crippen molar-refractivity contribution in [1.82, 2.24) is 14.9 Å². The minimum Gasteiger partial charge on any atom is -0.456 e. The topological polar surface area (TPSA) is 155 Å². The van der Waals surface area contributed by atoms with E-state index in [4.69, 9.17) is 18.9 Å². The lowest BCUT2D eigenvalue weighted by Gasteiger charge is -2.25. The van der Waals surface area contributed by atoms with E-state index in [9.17, 15) is 24.0 Å². The number of aromatic nitrogens is 2. The Balaban J connectivity index is 2.26. The lowest BCUT2D eigenvalue weighted by Crippen LogP contribution is -2.42. The predicted molar refractivity (Wildman–Crippen MR) is 110 cm³/mol. The van der Waals surface area contributed by atoms with E-state index < -0.39 is 41.8 Å². The third-order valence-corrected chi connectivity index (χ3v) is 4.83. The second-order valence-corrected chi connectivity index (χ2v) is 7.31. The van der Waals surface area contributed by atoms with E-state index in [1.165, 1.54) is 27.3 Å². The number of carbonyl (C=O) groups excluding carboxylic acids is 3. The summed E-state index contributed by atoms with van der Waals surface area (Å²) in [5.74, 6) is -0.956. The fraction of sp³-hybridized carbons (Fsp3) is 0.650. The number of aromatic amines is 1. The minimum atomic E-state index is -1.02. The van der Waals surface area contributed by atoms with Crippen molar-refractivity contribution in [3.05, 3.63) is 33.1 Å². The first-order chi connectivity index (χ1) is 15.3. The number of ether oxygens (including phenoxy) is 4. The molecule has 0 saturated carbocycles. The van der Waals surface area contributed by atoms with Crippen LogP contribution in [0.1, 0.15) is 38.8 Å². The number of rotatable bonds is 12. The number of nitrogens with one attached hydrogen (secondary N) is 2. The van der Waals surface area contributed by atoms with Crippen molar-refractivity contribution >= 4 is 17.7 Å². The summed E-state index contributed by atoms with van der Waals surface area (Å²) >= 11 is 0. The predicted octanol–water partition coefficient (Wildman–Crippen LogP) is -0.727. The molecule has 0 bridgehead atoms. The first-order valence-corrected chi connectivity index (χ1v) is 10.2. The highest BCUT2D eigenvalue weighted by Crippen LogP contribution is 2.33. The Bertz CT molecular complexity index is 910. The van der Waals surface area contributed by atoms with Crippen LogP contribution in [-0.4, -0.2) is 72.9 Å². The van der Waals surface area contributed by atoms with E-state index in [-0.39, 0.29) is 37.7 Å². The lowest BCUT2D eigenvalue weighted by molar-refractivity contribution is -0.159. The Morgan fingerprint density at radius 2 is 1.94 bits per heavy atom. The Morgan fingerprint density at radius 3 is 2.56 bits per heavy atom. The van der Waals surface area contributed by atoms with Gasteiger partial charge >= 0.3 is 11.7 Å². The van der Waals surface area contributed by atoms with Crippen molar-refractivity contribution < 1.29 is 33.3 Å². The van der Waals surface area contributed by atoms with Crippen LogP contribution in [0.2, 0.25) is 0 Å². The van der Waals surface area contributed by atoms with Gasteiger partial charge in [-0.1, -0.05) is 0 Å². The van der Waals surface area contributed by atoms with Crippen molar-refractivity contribution in [2.45, 2.75) is 57.1 Å². The lowest BCUT2D eigenvalue weighted by atomic mass is 10.1. The Morgan fingerprint density at radius 1 is 1.19 bits per heavy atom. The van der Waals surface area contributed by atoms with Gasteiger partial charge in [-0.15, -0.1) is 0 Å². The summed E-state index contributed by atoms with van der Waals surface area (Å²) in [6.45, 7) is 1.65. The molecule has 1 aliphatic heterocycles. The number of carbonyl (C=O) groups is 3. The van der Waals surface area contributed by atoms with Crippen LogP contribution in [0.25, 0.3) is 0 Å². The molecule has 2 rings (SSSR count). The van der Waals surface area contributed by atoms with Gasteiger partial charge < -0.3 is 29.1 Å². The summed E-state index contributed by atoms with van der Waals surface area (Å²) in [7, 11) is 2.90. The molecule has 0 aromatic carbocycles. The van der Waals surface area contributed by atoms with Crippen molar-refractivity contribution in [2.24, 2.45) is 0 Å². The normalized spacial score (nSPS) is 22.5. The van der Waals surface area contributed by atoms with Crippen molar-refractivity contribution in [3.63, 3.8) is 0 Å². The molecule has 178 valence electrons. The molecule has 2 heterocycles. The molecule has 1 saturated heterocycles. The van der Waals surface area contributed by atoms with E-state index in [0.717, 1.165) is 10.6 Å². The molecule has 2 N–H and O–H groups in total. The summed E-state index contributed by atoms with van der Waals surface area (Å²) in [5, 5.41) is 2.42. The van der Waals surface area contributed by atoms with Gasteiger partial charge in [0.2, 0.25) is 5.91 Å². The molecule has 12 heteroatoms. The van der Waals surface area contributed by atoms with Gasteiger partial charge in [0, 0.05) is 45.9 Å². The van der Waals surface area contributed by atoms with Gasteiger partial charge in [0.05, 0.1) is 13.0 Å². The largest absolute Gasteiger partial charge is 0.456 e. The highest BCUT2D eigenvalue weighted by Gasteiger charge is 2.49. The van der Waals surface area contributed by atoms with Crippen molar-refractivity contribution in [1.29, 1.82) is 0 Å². The number of amides is 1. The molecule has 1 aromatic heterocycles. The number of hydrogen-bond donors (Lipinski definition) is 2. The third kappa shape index (κ3) is 7.11. The molecule has 0 spiro atoms. The van der Waals surface area contributed by atoms with Gasteiger partial charge in [-0.2, -0.15) is 0 Å². The Kier molecular flexibility index (Phi) is 9.75. The molecule has 0 radical (unpaired) electrons. The maximum absolute atomic E-state index is 12.4. The van der Waals surface area contributed by atoms with Gasteiger partial charge in [0.15, 0.2) is 12.3 Å². The first kappa shape index (κ1) is 25.4. The second-order valence-electron chi connectivity index (χ2n) is 7.31. The standard InChI is InChI=1S/C20H29N3O9/c1-12(24)5-4-10-30-18-17(32-16(27)7-6-14(25)21-2)13(11-29-3)31-19(18)23-9-8-15(26)22-20(23)28/h8-9,13,17-19H,4-7,10-11H2,1-3H3,(H,21,25)(H,22,26,28). The fourth-order valence-electron chi connectivity index (χ4n) is 3.27. The molecule has 1 fully saturated rings. The van der Waals surface area contributed by atoms with Crippen LogP contribution in [0.5, 0.6) is 0 Å². The summed E-state index contributed by atoms with van der Waals surface area (Å²) in [6, 6.07) is 1.16. The van der Waals surface area contributed by atoms with E-state index in [2.05, 4.69) is 10.3 Å². The van der Waals surface area contributed by atoms with Crippen LogP contribution in [0.15, 0.2) is 21.9 Å².